The van der Waals surface area contributed by atoms with Gasteiger partial charge in [0.1, 0.15) is 0 Å². The number of rotatable bonds is 5. The van der Waals surface area contributed by atoms with Crippen molar-refractivity contribution < 1.29 is 18.9 Å². The molecule has 0 unspecified atom stereocenters. The van der Waals surface area contributed by atoms with E-state index >= 15 is 0 Å². The molecule has 2 rings (SSSR count). The van der Waals surface area contributed by atoms with Crippen molar-refractivity contribution in [2.24, 2.45) is 0 Å². The van der Waals surface area contributed by atoms with Gasteiger partial charge >= 0.3 is 0 Å². The van der Waals surface area contributed by atoms with Gasteiger partial charge < -0.3 is 15.1 Å². The molecule has 130 valence electrons. The highest BCUT2D eigenvalue weighted by Gasteiger charge is 2.22. The van der Waals surface area contributed by atoms with Crippen LogP contribution in [0.15, 0.2) is 18.2 Å². The van der Waals surface area contributed by atoms with Crippen LogP contribution in [0, 0.1) is 15.9 Å². The molecule has 1 fully saturated rings. The summed E-state index contributed by atoms with van der Waals surface area (Å²) in [5.74, 6) is -0.808. The Kier molecular flexibility index (Phi) is 5.67. The predicted molar refractivity (Wildman–Crippen MR) is 85.0 cm³/mol. The number of hydrogen-bond acceptors (Lipinski definition) is 5. The van der Waals surface area contributed by atoms with Crippen molar-refractivity contribution in [2.75, 3.05) is 38.0 Å². The van der Waals surface area contributed by atoms with E-state index in [0.717, 1.165) is 6.07 Å². The molecule has 1 saturated heterocycles. The van der Waals surface area contributed by atoms with Crippen molar-refractivity contribution in [3.05, 3.63) is 34.1 Å². The summed E-state index contributed by atoms with van der Waals surface area (Å²) in [7, 11) is 0. The van der Waals surface area contributed by atoms with Gasteiger partial charge in [-0.15, -0.1) is 0 Å². The lowest BCUT2D eigenvalue weighted by molar-refractivity contribution is -0.385. The molecule has 1 N–H and O–H groups in total. The normalized spacial score (nSPS) is 14.4. The predicted octanol–water partition coefficient (Wildman–Crippen LogP) is 1.23. The number of nitro groups is 1. The summed E-state index contributed by atoms with van der Waals surface area (Å²) in [4.78, 5) is 36.6. The fourth-order valence-corrected chi connectivity index (χ4v) is 2.49. The summed E-state index contributed by atoms with van der Waals surface area (Å²) < 4.78 is 13.7. The molecule has 0 aliphatic carbocycles. The molecule has 0 saturated carbocycles. The number of nitrogens with one attached hydrogen (secondary N) is 1. The van der Waals surface area contributed by atoms with Crippen LogP contribution in [-0.4, -0.2) is 59.3 Å². The molecule has 0 aromatic heterocycles. The number of carbonyl (C=O) groups excluding carboxylic acids is 2. The highest BCUT2D eigenvalue weighted by Crippen LogP contribution is 2.20. The largest absolute Gasteiger partial charge is 0.382 e. The number of amides is 2. The van der Waals surface area contributed by atoms with Gasteiger partial charge in [-0.25, -0.2) is 4.39 Å². The van der Waals surface area contributed by atoms with Gasteiger partial charge in [0.2, 0.25) is 11.8 Å². The fourth-order valence-electron chi connectivity index (χ4n) is 2.49. The van der Waals surface area contributed by atoms with Crippen molar-refractivity contribution in [1.29, 1.82) is 0 Å². The summed E-state index contributed by atoms with van der Waals surface area (Å²) in [5.41, 5.74) is -0.202. The Hall–Kier alpha value is -2.71. The number of piperazine rings is 1. The van der Waals surface area contributed by atoms with Gasteiger partial charge in [0.25, 0.3) is 5.69 Å². The average molecular weight is 338 g/mol. The Morgan fingerprint density at radius 2 is 1.88 bits per heavy atom. The molecule has 0 atom stereocenters. The number of anilines is 1. The topological polar surface area (TPSA) is 95.8 Å². The number of non-ortho nitro benzene ring substituents is 1. The van der Waals surface area contributed by atoms with Crippen LogP contribution in [0.3, 0.4) is 0 Å². The van der Waals surface area contributed by atoms with Crippen LogP contribution in [-0.2, 0) is 9.59 Å². The van der Waals surface area contributed by atoms with E-state index in [2.05, 4.69) is 5.32 Å². The van der Waals surface area contributed by atoms with E-state index in [0.29, 0.717) is 26.2 Å². The van der Waals surface area contributed by atoms with E-state index < -0.39 is 10.7 Å². The van der Waals surface area contributed by atoms with Gasteiger partial charge in [-0.2, -0.15) is 0 Å². The minimum atomic E-state index is -0.730. The van der Waals surface area contributed by atoms with Crippen LogP contribution < -0.4 is 5.32 Å². The Morgan fingerprint density at radius 3 is 2.42 bits per heavy atom. The maximum atomic E-state index is 13.7. The second kappa shape index (κ2) is 7.71. The average Bonchev–Trinajstić information content (AvgIpc) is 2.56. The van der Waals surface area contributed by atoms with Gasteiger partial charge in [0.05, 0.1) is 16.7 Å². The zero-order valence-corrected chi connectivity index (χ0v) is 13.3. The standard InChI is InChI=1S/C15H19FN4O4/c1-11(21)18-6-8-19(9-7-18)15(22)4-5-17-14-3-2-12(20(23)24)10-13(14)16/h2-3,10,17H,4-9H2,1H3. The third-order valence-electron chi connectivity index (χ3n) is 3.90. The van der Waals surface area contributed by atoms with Gasteiger partial charge in [0, 0.05) is 52.1 Å². The summed E-state index contributed by atoms with van der Waals surface area (Å²) in [6.07, 6.45) is 0.177. The molecular formula is C15H19FN4O4. The highest BCUT2D eigenvalue weighted by atomic mass is 19.1. The van der Waals surface area contributed by atoms with Crippen LogP contribution in [0.1, 0.15) is 13.3 Å². The summed E-state index contributed by atoms with van der Waals surface area (Å²) in [6, 6.07) is 3.32. The molecule has 1 aliphatic heterocycles. The Bertz CT molecular complexity index is 644. The molecule has 1 aromatic rings. The van der Waals surface area contributed by atoms with E-state index in [-0.39, 0.29) is 36.2 Å². The lowest BCUT2D eigenvalue weighted by atomic mass is 10.2. The van der Waals surface area contributed by atoms with Crippen LogP contribution in [0.2, 0.25) is 0 Å². The second-order valence-electron chi connectivity index (χ2n) is 5.48. The highest BCUT2D eigenvalue weighted by molar-refractivity contribution is 5.78. The van der Waals surface area contributed by atoms with E-state index in [4.69, 9.17) is 0 Å². The molecule has 1 aliphatic rings. The molecule has 9 heteroatoms. The number of benzene rings is 1. The lowest BCUT2D eigenvalue weighted by Gasteiger charge is -2.34. The molecular weight excluding hydrogens is 319 g/mol. The minimum absolute atomic E-state index is 0.00240. The lowest BCUT2D eigenvalue weighted by Crippen LogP contribution is -2.50. The van der Waals surface area contributed by atoms with Crippen molar-refractivity contribution in [1.82, 2.24) is 9.80 Å². The van der Waals surface area contributed by atoms with Gasteiger partial charge in [-0.05, 0) is 6.07 Å². The minimum Gasteiger partial charge on any atom is -0.382 e. The second-order valence-corrected chi connectivity index (χ2v) is 5.48. The first-order valence-corrected chi connectivity index (χ1v) is 7.59. The van der Waals surface area contributed by atoms with E-state index in [9.17, 15) is 24.1 Å². The van der Waals surface area contributed by atoms with Gasteiger partial charge in [-0.1, -0.05) is 0 Å². The molecule has 0 spiro atoms. The molecule has 1 aromatic carbocycles. The maximum absolute atomic E-state index is 13.7. The molecule has 0 radical (unpaired) electrons. The third kappa shape index (κ3) is 4.40. The smallest absolute Gasteiger partial charge is 0.272 e. The first kappa shape index (κ1) is 17.6. The summed E-state index contributed by atoms with van der Waals surface area (Å²) >= 11 is 0. The molecule has 24 heavy (non-hydrogen) atoms. The summed E-state index contributed by atoms with van der Waals surface area (Å²) in [5, 5.41) is 13.3. The monoisotopic (exact) mass is 338 g/mol. The number of hydrogen-bond donors (Lipinski definition) is 1. The van der Waals surface area contributed by atoms with Crippen LogP contribution in [0.4, 0.5) is 15.8 Å². The van der Waals surface area contributed by atoms with Crippen molar-refractivity contribution in [3.63, 3.8) is 0 Å². The van der Waals surface area contributed by atoms with Crippen molar-refractivity contribution >= 4 is 23.2 Å². The maximum Gasteiger partial charge on any atom is 0.272 e. The van der Waals surface area contributed by atoms with E-state index in [1.807, 2.05) is 0 Å². The number of nitro benzene ring substituents is 1. The molecule has 2 amide bonds. The van der Waals surface area contributed by atoms with Gasteiger partial charge in [0.15, 0.2) is 5.82 Å². The van der Waals surface area contributed by atoms with E-state index in [1.54, 1.807) is 9.80 Å². The Balaban J connectivity index is 1.79. The first-order valence-electron chi connectivity index (χ1n) is 7.59. The number of nitrogens with zero attached hydrogens (tertiary/aromatic N) is 3. The number of halogens is 1. The Morgan fingerprint density at radius 1 is 1.25 bits per heavy atom. The van der Waals surface area contributed by atoms with Crippen LogP contribution in [0.5, 0.6) is 0 Å². The third-order valence-corrected chi connectivity index (χ3v) is 3.90. The SMILES string of the molecule is CC(=O)N1CCN(C(=O)CCNc2ccc([N+](=O)[O-])cc2F)CC1. The summed E-state index contributed by atoms with van der Waals surface area (Å²) in [6.45, 7) is 3.74. The van der Waals surface area contributed by atoms with Gasteiger partial charge in [-0.3, -0.25) is 19.7 Å². The fraction of sp³-hybridized carbons (Fsp3) is 0.467. The van der Waals surface area contributed by atoms with Crippen molar-refractivity contribution in [2.45, 2.75) is 13.3 Å². The number of carbonyl (C=O) groups is 2. The van der Waals surface area contributed by atoms with E-state index in [1.165, 1.54) is 19.1 Å². The quantitative estimate of drug-likeness (QED) is 0.643. The van der Waals surface area contributed by atoms with Crippen LogP contribution >= 0.6 is 0 Å². The van der Waals surface area contributed by atoms with Crippen LogP contribution in [0.25, 0.3) is 0 Å². The molecule has 0 bridgehead atoms. The zero-order chi connectivity index (χ0) is 17.7. The molecule has 1 heterocycles. The Labute approximate surface area is 138 Å². The zero-order valence-electron chi connectivity index (χ0n) is 13.3. The van der Waals surface area contributed by atoms with Crippen molar-refractivity contribution in [3.8, 4) is 0 Å². The first-order chi connectivity index (χ1) is 11.4. The molecule has 8 nitrogen and oxygen atoms in total.